The summed E-state index contributed by atoms with van der Waals surface area (Å²) in [6.45, 7) is 1.85. The second-order valence-corrected chi connectivity index (χ2v) is 8.62. The molecule has 8 nitrogen and oxygen atoms in total. The Kier molecular flexibility index (Phi) is 7.14. The molecule has 34 heavy (non-hydrogen) atoms. The molecule has 174 valence electrons. The molecule has 1 aromatic carbocycles. The van der Waals surface area contributed by atoms with Crippen molar-refractivity contribution in [2.45, 2.75) is 44.7 Å². The monoisotopic (exact) mass is 477 g/mol. The number of hydrogen-bond acceptors (Lipinski definition) is 4. The number of nitrogens with zero attached hydrogens (tertiary/aromatic N) is 3. The van der Waals surface area contributed by atoms with Crippen LogP contribution in [0.1, 0.15) is 58.9 Å². The highest BCUT2D eigenvalue weighted by Gasteiger charge is 2.29. The van der Waals surface area contributed by atoms with Gasteiger partial charge in [0.15, 0.2) is 0 Å². The van der Waals surface area contributed by atoms with Gasteiger partial charge in [-0.3, -0.25) is 9.48 Å². The van der Waals surface area contributed by atoms with Crippen molar-refractivity contribution >= 4 is 29.4 Å². The maximum absolute atomic E-state index is 13.1. The van der Waals surface area contributed by atoms with E-state index in [9.17, 15) is 9.59 Å². The number of halogens is 1. The number of amides is 2. The highest BCUT2D eigenvalue weighted by Crippen LogP contribution is 2.31. The van der Waals surface area contributed by atoms with E-state index in [2.05, 4.69) is 32.6 Å². The fraction of sp³-hybridized carbons (Fsp3) is 0.280. The molecule has 3 aromatic rings. The van der Waals surface area contributed by atoms with Crippen LogP contribution in [-0.4, -0.2) is 37.9 Å². The van der Waals surface area contributed by atoms with Gasteiger partial charge in [-0.2, -0.15) is 5.10 Å². The van der Waals surface area contributed by atoms with Crippen LogP contribution in [-0.2, 0) is 0 Å². The summed E-state index contributed by atoms with van der Waals surface area (Å²) >= 11 is 6.32. The molecule has 1 aliphatic carbocycles. The van der Waals surface area contributed by atoms with Crippen LogP contribution < -0.4 is 10.6 Å². The molecule has 0 bridgehead atoms. The zero-order chi connectivity index (χ0) is 24.1. The fourth-order valence-corrected chi connectivity index (χ4v) is 4.35. The van der Waals surface area contributed by atoms with Gasteiger partial charge in [0.1, 0.15) is 11.5 Å². The number of pyridine rings is 1. The lowest BCUT2D eigenvalue weighted by atomic mass is 9.91. The molecule has 2 aromatic heterocycles. The Balaban J connectivity index is 1.50. The van der Waals surface area contributed by atoms with Gasteiger partial charge in [0.25, 0.3) is 5.91 Å². The molecule has 9 heteroatoms. The van der Waals surface area contributed by atoms with Crippen molar-refractivity contribution in [2.24, 2.45) is 0 Å². The Morgan fingerprint density at radius 3 is 2.65 bits per heavy atom. The average molecular weight is 478 g/mol. The highest BCUT2D eigenvalue weighted by molar-refractivity contribution is 6.34. The van der Waals surface area contributed by atoms with Gasteiger partial charge in [0.2, 0.25) is 0 Å². The summed E-state index contributed by atoms with van der Waals surface area (Å²) in [6.07, 6.45) is 4.88. The second kappa shape index (κ2) is 10.4. The standard InChI is InChI=1S/C25H24ClN5O3/c1-16-12-18(11-10-17-6-3-2-4-7-17)14-27-23(16)30-24(32)22-21(26)15-28-31(22)20-9-5-8-19(13-20)29-25(33)34/h2-4,6-7,12,14-15,19-20,29H,5,8-9,13H2,1H3,(H,33,34)(H,27,30,32). The van der Waals surface area contributed by atoms with Gasteiger partial charge in [0.05, 0.1) is 17.3 Å². The van der Waals surface area contributed by atoms with Crippen molar-refractivity contribution in [1.29, 1.82) is 0 Å². The van der Waals surface area contributed by atoms with Crippen molar-refractivity contribution in [3.05, 3.63) is 76.2 Å². The van der Waals surface area contributed by atoms with Crippen LogP contribution in [0.5, 0.6) is 0 Å². The maximum Gasteiger partial charge on any atom is 0.404 e. The minimum atomic E-state index is -1.06. The molecule has 2 amide bonds. The lowest BCUT2D eigenvalue weighted by Crippen LogP contribution is -2.38. The molecule has 0 aliphatic heterocycles. The van der Waals surface area contributed by atoms with Crippen LogP contribution in [0.25, 0.3) is 0 Å². The van der Waals surface area contributed by atoms with Crippen molar-refractivity contribution < 1.29 is 14.7 Å². The zero-order valence-corrected chi connectivity index (χ0v) is 19.3. The van der Waals surface area contributed by atoms with Crippen LogP contribution in [0, 0.1) is 18.8 Å². The number of benzene rings is 1. The lowest BCUT2D eigenvalue weighted by molar-refractivity contribution is 0.100. The van der Waals surface area contributed by atoms with Crippen LogP contribution in [0.4, 0.5) is 10.6 Å². The number of rotatable bonds is 4. The summed E-state index contributed by atoms with van der Waals surface area (Å²) in [6, 6.07) is 11.2. The third-order valence-electron chi connectivity index (χ3n) is 5.72. The number of anilines is 1. The number of aromatic nitrogens is 3. The topological polar surface area (TPSA) is 109 Å². The number of aryl methyl sites for hydroxylation is 1. The maximum atomic E-state index is 13.1. The number of carbonyl (C=O) groups is 2. The molecule has 0 spiro atoms. The molecule has 4 rings (SSSR count). The number of carboxylic acid groups (broad SMARTS) is 1. The van der Waals surface area contributed by atoms with Crippen molar-refractivity contribution in [3.8, 4) is 11.8 Å². The predicted octanol–water partition coefficient (Wildman–Crippen LogP) is 4.64. The third kappa shape index (κ3) is 5.56. The summed E-state index contributed by atoms with van der Waals surface area (Å²) in [7, 11) is 0. The first-order valence-corrected chi connectivity index (χ1v) is 11.4. The van der Waals surface area contributed by atoms with Crippen LogP contribution >= 0.6 is 11.6 Å². The smallest absolute Gasteiger partial charge is 0.404 e. The second-order valence-electron chi connectivity index (χ2n) is 8.21. The van der Waals surface area contributed by atoms with E-state index < -0.39 is 12.0 Å². The number of nitrogens with one attached hydrogen (secondary N) is 2. The average Bonchev–Trinajstić information content (AvgIpc) is 3.21. The largest absolute Gasteiger partial charge is 0.465 e. The molecule has 2 heterocycles. The molecule has 1 saturated carbocycles. The summed E-state index contributed by atoms with van der Waals surface area (Å²) in [4.78, 5) is 28.5. The van der Waals surface area contributed by atoms with Crippen molar-refractivity contribution in [3.63, 3.8) is 0 Å². The van der Waals surface area contributed by atoms with E-state index in [1.54, 1.807) is 10.9 Å². The van der Waals surface area contributed by atoms with Gasteiger partial charge in [-0.15, -0.1) is 0 Å². The van der Waals surface area contributed by atoms with Crippen LogP contribution in [0.15, 0.2) is 48.8 Å². The minimum Gasteiger partial charge on any atom is -0.465 e. The Labute approximate surface area is 202 Å². The van der Waals surface area contributed by atoms with Gasteiger partial charge in [-0.25, -0.2) is 9.78 Å². The minimum absolute atomic E-state index is 0.136. The third-order valence-corrected chi connectivity index (χ3v) is 6.00. The Morgan fingerprint density at radius 2 is 1.91 bits per heavy atom. The van der Waals surface area contributed by atoms with Gasteiger partial charge in [-0.05, 0) is 56.4 Å². The lowest BCUT2D eigenvalue weighted by Gasteiger charge is -2.30. The van der Waals surface area contributed by atoms with E-state index >= 15 is 0 Å². The van der Waals surface area contributed by atoms with Gasteiger partial charge >= 0.3 is 6.09 Å². The highest BCUT2D eigenvalue weighted by atomic mass is 35.5. The zero-order valence-electron chi connectivity index (χ0n) is 18.6. The van der Waals surface area contributed by atoms with Crippen molar-refractivity contribution in [2.75, 3.05) is 5.32 Å². The Morgan fingerprint density at radius 1 is 1.15 bits per heavy atom. The van der Waals surface area contributed by atoms with Gasteiger partial charge in [0, 0.05) is 23.4 Å². The van der Waals surface area contributed by atoms with Crippen molar-refractivity contribution in [1.82, 2.24) is 20.1 Å². The molecule has 1 fully saturated rings. The first kappa shape index (κ1) is 23.3. The van der Waals surface area contributed by atoms with Crippen LogP contribution in [0.2, 0.25) is 5.02 Å². The quantitative estimate of drug-likeness (QED) is 0.474. The van der Waals surface area contributed by atoms with E-state index in [4.69, 9.17) is 16.7 Å². The molecule has 0 saturated heterocycles. The summed E-state index contributed by atoms with van der Waals surface area (Å²) in [5, 5.41) is 18.9. The van der Waals surface area contributed by atoms with Crippen LogP contribution in [0.3, 0.4) is 0 Å². The van der Waals surface area contributed by atoms with E-state index in [1.165, 1.54) is 6.20 Å². The van der Waals surface area contributed by atoms with Gasteiger partial charge < -0.3 is 15.7 Å². The fourth-order valence-electron chi connectivity index (χ4n) is 4.13. The summed E-state index contributed by atoms with van der Waals surface area (Å²) in [5.41, 5.74) is 2.64. The van der Waals surface area contributed by atoms with E-state index in [0.717, 1.165) is 36.0 Å². The number of hydrogen-bond donors (Lipinski definition) is 3. The Hall–Kier alpha value is -3.83. The molecule has 0 radical (unpaired) electrons. The molecular weight excluding hydrogens is 454 g/mol. The number of carbonyl (C=O) groups excluding carboxylic acids is 1. The SMILES string of the molecule is Cc1cc(C#Cc2ccccc2)cnc1NC(=O)c1c(Cl)cnn1C1CCCC(NC(=O)O)C1. The van der Waals surface area contributed by atoms with Gasteiger partial charge in [-0.1, -0.05) is 41.6 Å². The predicted molar refractivity (Wildman–Crippen MR) is 129 cm³/mol. The molecule has 2 unspecified atom stereocenters. The molecule has 1 aliphatic rings. The normalized spacial score (nSPS) is 17.4. The summed E-state index contributed by atoms with van der Waals surface area (Å²) in [5.74, 6) is 6.16. The van der Waals surface area contributed by atoms with E-state index in [1.807, 2.05) is 43.3 Å². The first-order valence-electron chi connectivity index (χ1n) is 11.0. The molecular formula is C25H24ClN5O3. The Bertz CT molecular complexity index is 1260. The molecule has 3 N–H and O–H groups in total. The first-order chi connectivity index (χ1) is 16.4. The molecule has 2 atom stereocenters. The van der Waals surface area contributed by atoms with E-state index in [0.29, 0.717) is 12.2 Å². The van der Waals surface area contributed by atoms with E-state index in [-0.39, 0.29) is 22.8 Å². The summed E-state index contributed by atoms with van der Waals surface area (Å²) < 4.78 is 1.60.